The van der Waals surface area contributed by atoms with Gasteiger partial charge in [-0.15, -0.1) is 0 Å². The summed E-state index contributed by atoms with van der Waals surface area (Å²) in [4.78, 5) is 11.0. The number of guanidine groups is 1. The molecule has 7 heteroatoms. The van der Waals surface area contributed by atoms with Crippen molar-refractivity contribution in [3.63, 3.8) is 0 Å². The zero-order valence-electron chi connectivity index (χ0n) is 17.6. The van der Waals surface area contributed by atoms with Crippen LogP contribution in [-0.2, 0) is 19.5 Å². The van der Waals surface area contributed by atoms with Crippen molar-refractivity contribution in [2.75, 3.05) is 27.8 Å². The Labute approximate surface area is 177 Å². The number of fused-ring (bicyclic) bond motifs is 1. The molecule has 0 amide bonds. The molecular weight excluding hydrogens is 378 g/mol. The molecular formula is C23H27N5O2. The van der Waals surface area contributed by atoms with Crippen LogP contribution >= 0.6 is 0 Å². The highest BCUT2D eigenvalue weighted by atomic mass is 16.5. The van der Waals surface area contributed by atoms with Crippen LogP contribution in [-0.4, -0.2) is 48.2 Å². The van der Waals surface area contributed by atoms with Gasteiger partial charge >= 0.3 is 0 Å². The maximum Gasteiger partial charge on any atom is 0.194 e. The molecule has 4 rings (SSSR count). The number of rotatable bonds is 5. The van der Waals surface area contributed by atoms with Crippen molar-refractivity contribution in [3.8, 4) is 17.2 Å². The molecule has 1 aliphatic heterocycles. The Kier molecular flexibility index (Phi) is 5.88. The van der Waals surface area contributed by atoms with E-state index < -0.39 is 0 Å². The van der Waals surface area contributed by atoms with Gasteiger partial charge in [-0.05, 0) is 41.3 Å². The smallest absolute Gasteiger partial charge is 0.194 e. The van der Waals surface area contributed by atoms with Crippen molar-refractivity contribution < 1.29 is 9.47 Å². The molecule has 7 nitrogen and oxygen atoms in total. The van der Waals surface area contributed by atoms with Gasteiger partial charge in [0.1, 0.15) is 0 Å². The predicted molar refractivity (Wildman–Crippen MR) is 117 cm³/mol. The lowest BCUT2D eigenvalue weighted by Gasteiger charge is -2.32. The first kappa shape index (κ1) is 19.8. The predicted octanol–water partition coefficient (Wildman–Crippen LogP) is 3.02. The van der Waals surface area contributed by atoms with Crippen molar-refractivity contribution >= 4 is 5.96 Å². The summed E-state index contributed by atoms with van der Waals surface area (Å²) >= 11 is 0. The number of aliphatic imine (C=N–C) groups is 1. The second-order valence-electron chi connectivity index (χ2n) is 7.15. The van der Waals surface area contributed by atoms with E-state index in [1.54, 1.807) is 20.4 Å². The number of nitrogens with one attached hydrogen (secondary N) is 1. The summed E-state index contributed by atoms with van der Waals surface area (Å²) in [6.45, 7) is 2.35. The molecule has 0 atom stereocenters. The number of ether oxygens (including phenoxy) is 2. The fraction of sp³-hybridized carbons (Fsp3) is 0.304. The third-order valence-corrected chi connectivity index (χ3v) is 5.44. The lowest BCUT2D eigenvalue weighted by molar-refractivity contribution is 0.346. The Morgan fingerprint density at radius 2 is 1.90 bits per heavy atom. The fourth-order valence-corrected chi connectivity index (χ4v) is 3.88. The van der Waals surface area contributed by atoms with Gasteiger partial charge in [-0.2, -0.15) is 0 Å². The minimum absolute atomic E-state index is 0.677. The number of aromatic nitrogens is 2. The van der Waals surface area contributed by atoms with Crippen LogP contribution in [0.3, 0.4) is 0 Å². The molecule has 2 aromatic carbocycles. The molecule has 3 aromatic rings. The Morgan fingerprint density at radius 3 is 2.60 bits per heavy atom. The second-order valence-corrected chi connectivity index (χ2v) is 7.15. The molecule has 2 heterocycles. The highest BCUT2D eigenvalue weighted by Crippen LogP contribution is 2.33. The molecule has 1 aliphatic rings. The monoisotopic (exact) mass is 405 g/mol. The van der Waals surface area contributed by atoms with Gasteiger partial charge in [0.05, 0.1) is 26.2 Å². The van der Waals surface area contributed by atoms with E-state index in [9.17, 15) is 0 Å². The number of hydrogen-bond donors (Lipinski definition) is 1. The average Bonchev–Trinajstić information content (AvgIpc) is 3.33. The van der Waals surface area contributed by atoms with Crippen LogP contribution in [0.1, 0.15) is 16.7 Å². The molecule has 1 aromatic heterocycles. The van der Waals surface area contributed by atoms with Gasteiger partial charge in [0.25, 0.3) is 0 Å². The standard InChI is InChI=1S/C23H27N5O2/c1-24-23(26-14-18-6-4-5-7-20(18)28-11-9-25-16-28)27-10-8-17-12-21(29-2)22(30-3)13-19(17)15-27/h4-7,9,11-13,16H,8,10,14-15H2,1-3H3,(H,24,26). The molecule has 0 saturated carbocycles. The Hall–Kier alpha value is -3.48. The van der Waals surface area contributed by atoms with E-state index >= 15 is 0 Å². The van der Waals surface area contributed by atoms with Crippen molar-refractivity contribution in [3.05, 3.63) is 71.8 Å². The zero-order valence-corrected chi connectivity index (χ0v) is 17.6. The van der Waals surface area contributed by atoms with Crippen LogP contribution in [0.4, 0.5) is 0 Å². The normalized spacial score (nSPS) is 13.7. The molecule has 0 aliphatic carbocycles. The van der Waals surface area contributed by atoms with Crippen molar-refractivity contribution in [1.82, 2.24) is 19.8 Å². The van der Waals surface area contributed by atoms with Crippen LogP contribution in [0.5, 0.6) is 11.5 Å². The van der Waals surface area contributed by atoms with Crippen LogP contribution in [0.2, 0.25) is 0 Å². The molecule has 0 unspecified atom stereocenters. The summed E-state index contributed by atoms with van der Waals surface area (Å²) in [6.07, 6.45) is 6.49. The van der Waals surface area contributed by atoms with Gasteiger partial charge in [-0.3, -0.25) is 4.99 Å². The number of benzene rings is 2. The molecule has 0 radical (unpaired) electrons. The molecule has 0 spiro atoms. The number of nitrogens with zero attached hydrogens (tertiary/aromatic N) is 4. The second kappa shape index (κ2) is 8.90. The summed E-state index contributed by atoms with van der Waals surface area (Å²) in [5, 5.41) is 3.53. The van der Waals surface area contributed by atoms with E-state index in [1.807, 2.05) is 30.2 Å². The SMILES string of the molecule is CN=C(NCc1ccccc1-n1ccnc1)N1CCc2cc(OC)c(OC)cc2C1. The van der Waals surface area contributed by atoms with Crippen molar-refractivity contribution in [2.45, 2.75) is 19.5 Å². The maximum absolute atomic E-state index is 5.48. The van der Waals surface area contributed by atoms with E-state index in [4.69, 9.17) is 9.47 Å². The summed E-state index contributed by atoms with van der Waals surface area (Å²) < 4.78 is 13.0. The third-order valence-electron chi connectivity index (χ3n) is 5.44. The average molecular weight is 406 g/mol. The van der Waals surface area contributed by atoms with E-state index in [2.05, 4.69) is 50.5 Å². The van der Waals surface area contributed by atoms with Crippen molar-refractivity contribution in [1.29, 1.82) is 0 Å². The third kappa shape index (κ3) is 3.96. The Morgan fingerprint density at radius 1 is 1.13 bits per heavy atom. The lowest BCUT2D eigenvalue weighted by Crippen LogP contribution is -2.43. The van der Waals surface area contributed by atoms with Gasteiger partial charge in [0.15, 0.2) is 17.5 Å². The summed E-state index contributed by atoms with van der Waals surface area (Å²) in [5.74, 6) is 2.43. The first-order chi connectivity index (χ1) is 14.7. The van der Waals surface area contributed by atoms with Gasteiger partial charge < -0.3 is 24.3 Å². The summed E-state index contributed by atoms with van der Waals surface area (Å²) in [5.41, 5.74) is 4.82. The zero-order chi connectivity index (χ0) is 20.9. The van der Waals surface area contributed by atoms with Crippen LogP contribution in [0.25, 0.3) is 5.69 Å². The van der Waals surface area contributed by atoms with Crippen molar-refractivity contribution in [2.24, 2.45) is 4.99 Å². The van der Waals surface area contributed by atoms with E-state index in [-0.39, 0.29) is 0 Å². The van der Waals surface area contributed by atoms with E-state index in [0.717, 1.165) is 42.7 Å². The first-order valence-electron chi connectivity index (χ1n) is 9.99. The minimum Gasteiger partial charge on any atom is -0.493 e. The first-order valence-corrected chi connectivity index (χ1v) is 9.99. The van der Waals surface area contributed by atoms with Gasteiger partial charge in [-0.1, -0.05) is 18.2 Å². The summed E-state index contributed by atoms with van der Waals surface area (Å²) in [6, 6.07) is 12.5. The van der Waals surface area contributed by atoms with Crippen LogP contribution < -0.4 is 14.8 Å². The topological polar surface area (TPSA) is 63.9 Å². The molecule has 30 heavy (non-hydrogen) atoms. The van der Waals surface area contributed by atoms with Gasteiger partial charge in [0, 0.05) is 39.1 Å². The number of para-hydroxylation sites is 1. The molecule has 0 bridgehead atoms. The number of hydrogen-bond acceptors (Lipinski definition) is 4. The Bertz CT molecular complexity index is 1030. The van der Waals surface area contributed by atoms with Crippen LogP contribution in [0.15, 0.2) is 60.1 Å². The van der Waals surface area contributed by atoms with E-state index in [0.29, 0.717) is 6.54 Å². The van der Waals surface area contributed by atoms with Crippen LogP contribution in [0, 0.1) is 0 Å². The summed E-state index contributed by atoms with van der Waals surface area (Å²) in [7, 11) is 5.17. The quantitative estimate of drug-likeness (QED) is 0.522. The van der Waals surface area contributed by atoms with Gasteiger partial charge in [-0.25, -0.2) is 4.98 Å². The van der Waals surface area contributed by atoms with Gasteiger partial charge in [0.2, 0.25) is 0 Å². The lowest BCUT2D eigenvalue weighted by atomic mass is 9.99. The molecule has 156 valence electrons. The molecule has 1 N–H and O–H groups in total. The highest BCUT2D eigenvalue weighted by molar-refractivity contribution is 5.80. The minimum atomic E-state index is 0.677. The molecule has 0 saturated heterocycles. The van der Waals surface area contributed by atoms with E-state index in [1.165, 1.54) is 16.7 Å². The fourth-order valence-electron chi connectivity index (χ4n) is 3.88. The number of imidazole rings is 1. The highest BCUT2D eigenvalue weighted by Gasteiger charge is 2.21. The Balaban J connectivity index is 1.49. The largest absolute Gasteiger partial charge is 0.493 e. The molecule has 0 fully saturated rings. The maximum atomic E-state index is 5.48. The number of methoxy groups -OCH3 is 2.